The van der Waals surface area contributed by atoms with Gasteiger partial charge in [0.2, 0.25) is 0 Å². The van der Waals surface area contributed by atoms with Crippen LogP contribution in [0.15, 0.2) is 79.4 Å². The summed E-state index contributed by atoms with van der Waals surface area (Å²) in [5.74, 6) is -0.0163. The Labute approximate surface area is 117 Å². The molecule has 1 heterocycles. The van der Waals surface area contributed by atoms with Gasteiger partial charge in [-0.25, -0.2) is 9.36 Å². The van der Waals surface area contributed by atoms with Gasteiger partial charge in [0.05, 0.1) is 5.56 Å². The summed E-state index contributed by atoms with van der Waals surface area (Å²) in [5.41, 5.74) is 1.90. The number of aromatic nitrogens is 2. The van der Waals surface area contributed by atoms with Crippen LogP contribution in [0.1, 0.15) is 15.9 Å². The van der Waals surface area contributed by atoms with E-state index in [4.69, 9.17) is 0 Å². The number of benzene rings is 2. The lowest BCUT2D eigenvalue weighted by atomic mass is 10.2. The number of rotatable bonds is 3. The highest BCUT2D eigenvalue weighted by Gasteiger charge is 2.14. The smallest absolute Gasteiger partial charge is 0.240 e. The highest BCUT2D eigenvalue weighted by Crippen LogP contribution is 2.02. The van der Waals surface area contributed by atoms with Gasteiger partial charge in [-0.3, -0.25) is 0 Å². The van der Waals surface area contributed by atoms with Gasteiger partial charge in [-0.05, 0) is 17.7 Å². The van der Waals surface area contributed by atoms with Gasteiger partial charge in [0.25, 0.3) is 6.33 Å². The monoisotopic (exact) mass is 263 g/mol. The molecule has 0 bridgehead atoms. The summed E-state index contributed by atoms with van der Waals surface area (Å²) in [6.45, 7) is 0.760. The first kappa shape index (κ1) is 12.4. The van der Waals surface area contributed by atoms with Crippen molar-refractivity contribution in [1.82, 2.24) is 4.57 Å². The maximum absolute atomic E-state index is 12.3. The Kier molecular flexibility index (Phi) is 3.42. The predicted octanol–water partition coefficient (Wildman–Crippen LogP) is 2.51. The lowest BCUT2D eigenvalue weighted by Crippen LogP contribution is -2.32. The van der Waals surface area contributed by atoms with Gasteiger partial charge in [0.1, 0.15) is 18.9 Å². The summed E-state index contributed by atoms with van der Waals surface area (Å²) >= 11 is 0. The molecule has 98 valence electrons. The zero-order valence-corrected chi connectivity index (χ0v) is 11.0. The van der Waals surface area contributed by atoms with Gasteiger partial charge < -0.3 is 0 Å². The molecule has 3 rings (SSSR count). The van der Waals surface area contributed by atoms with Crippen molar-refractivity contribution in [3.8, 4) is 0 Å². The van der Waals surface area contributed by atoms with Gasteiger partial charge in [0, 0.05) is 0 Å². The topological polar surface area (TPSA) is 25.9 Å². The van der Waals surface area contributed by atoms with Crippen LogP contribution in [0.4, 0.5) is 0 Å². The minimum absolute atomic E-state index is 0.0163. The molecule has 0 unspecified atom stereocenters. The van der Waals surface area contributed by atoms with E-state index >= 15 is 0 Å². The second-order valence-corrected chi connectivity index (χ2v) is 4.65. The minimum Gasteiger partial charge on any atom is -0.240 e. The lowest BCUT2D eigenvalue weighted by molar-refractivity contribution is -0.687. The summed E-state index contributed by atoms with van der Waals surface area (Å²) < 4.78 is 3.61. The summed E-state index contributed by atoms with van der Waals surface area (Å²) in [6, 6.07) is 19.5. The van der Waals surface area contributed by atoms with Crippen LogP contribution in [0.3, 0.4) is 0 Å². The van der Waals surface area contributed by atoms with Crippen molar-refractivity contribution >= 4 is 5.91 Å². The molecule has 3 nitrogen and oxygen atoms in total. The molecular weight excluding hydrogens is 248 g/mol. The Morgan fingerprint density at radius 1 is 0.950 bits per heavy atom. The van der Waals surface area contributed by atoms with Crippen LogP contribution in [0.25, 0.3) is 0 Å². The summed E-state index contributed by atoms with van der Waals surface area (Å²) in [4.78, 5) is 12.3. The summed E-state index contributed by atoms with van der Waals surface area (Å²) in [6.07, 6.45) is 5.52. The van der Waals surface area contributed by atoms with Crippen molar-refractivity contribution in [3.05, 3.63) is 90.5 Å². The highest BCUT2D eigenvalue weighted by atomic mass is 16.2. The van der Waals surface area contributed by atoms with Crippen LogP contribution >= 0.6 is 0 Å². The Balaban J connectivity index is 1.79. The van der Waals surface area contributed by atoms with Crippen LogP contribution < -0.4 is 4.57 Å². The van der Waals surface area contributed by atoms with Crippen molar-refractivity contribution in [2.24, 2.45) is 0 Å². The Bertz CT molecular complexity index is 702. The van der Waals surface area contributed by atoms with Crippen molar-refractivity contribution < 1.29 is 9.36 Å². The van der Waals surface area contributed by atoms with Crippen molar-refractivity contribution in [2.75, 3.05) is 0 Å². The third-order valence-electron chi connectivity index (χ3n) is 3.15. The van der Waals surface area contributed by atoms with E-state index in [2.05, 4.69) is 12.1 Å². The van der Waals surface area contributed by atoms with Crippen molar-refractivity contribution in [1.29, 1.82) is 0 Å². The molecule has 0 fully saturated rings. The number of hydrogen-bond donors (Lipinski definition) is 0. The molecule has 0 radical (unpaired) electrons. The molecule has 2 aromatic carbocycles. The molecule has 3 aromatic rings. The fourth-order valence-electron chi connectivity index (χ4n) is 2.13. The third-order valence-corrected chi connectivity index (χ3v) is 3.15. The second-order valence-electron chi connectivity index (χ2n) is 4.65. The van der Waals surface area contributed by atoms with E-state index in [1.54, 1.807) is 10.8 Å². The summed E-state index contributed by atoms with van der Waals surface area (Å²) in [7, 11) is 0. The fourth-order valence-corrected chi connectivity index (χ4v) is 2.13. The Morgan fingerprint density at radius 2 is 1.60 bits per heavy atom. The fraction of sp³-hybridized carbons (Fsp3) is 0.0588. The molecule has 0 aliphatic rings. The standard InChI is InChI=1S/C17H15N2O/c20-17(16-9-5-2-6-10-16)19-12-11-18(14-19)13-15-7-3-1-4-8-15/h1-12,14H,13H2/q+1. The number of carbonyl (C=O) groups excluding carboxylic acids is 1. The van der Waals surface area contributed by atoms with Gasteiger partial charge >= 0.3 is 5.91 Å². The van der Waals surface area contributed by atoms with E-state index in [-0.39, 0.29) is 5.91 Å². The van der Waals surface area contributed by atoms with E-state index in [0.717, 1.165) is 6.54 Å². The molecule has 0 saturated carbocycles. The van der Waals surface area contributed by atoms with Crippen LogP contribution in [0.2, 0.25) is 0 Å². The zero-order valence-electron chi connectivity index (χ0n) is 11.0. The molecule has 0 amide bonds. The first-order valence-electron chi connectivity index (χ1n) is 6.54. The van der Waals surface area contributed by atoms with Gasteiger partial charge in [-0.2, -0.15) is 4.57 Å². The lowest BCUT2D eigenvalue weighted by Gasteiger charge is -1.97. The average Bonchev–Trinajstić information content (AvgIpc) is 2.97. The minimum atomic E-state index is -0.0163. The number of nitrogens with zero attached hydrogens (tertiary/aromatic N) is 2. The zero-order chi connectivity index (χ0) is 13.8. The van der Waals surface area contributed by atoms with Crippen LogP contribution in [0.5, 0.6) is 0 Å². The first-order valence-corrected chi connectivity index (χ1v) is 6.54. The van der Waals surface area contributed by atoms with Gasteiger partial charge in [-0.1, -0.05) is 48.5 Å². The Morgan fingerprint density at radius 3 is 2.30 bits per heavy atom. The normalized spacial score (nSPS) is 10.4. The molecular formula is C17H15N2O+. The van der Waals surface area contributed by atoms with Crippen LogP contribution in [-0.2, 0) is 6.54 Å². The van der Waals surface area contributed by atoms with Gasteiger partial charge in [0.15, 0.2) is 0 Å². The third kappa shape index (κ3) is 2.67. The molecule has 0 spiro atoms. The summed E-state index contributed by atoms with van der Waals surface area (Å²) in [5, 5.41) is 0. The van der Waals surface area contributed by atoms with E-state index in [0.29, 0.717) is 5.56 Å². The maximum atomic E-state index is 12.3. The van der Waals surface area contributed by atoms with Crippen LogP contribution in [0, 0.1) is 0 Å². The molecule has 0 aliphatic heterocycles. The largest absolute Gasteiger partial charge is 0.345 e. The van der Waals surface area contributed by atoms with E-state index < -0.39 is 0 Å². The van der Waals surface area contributed by atoms with E-state index in [1.165, 1.54) is 5.56 Å². The molecule has 3 heteroatoms. The van der Waals surface area contributed by atoms with Crippen LogP contribution in [-0.4, -0.2) is 10.5 Å². The molecule has 20 heavy (non-hydrogen) atoms. The highest BCUT2D eigenvalue weighted by molar-refractivity contribution is 5.95. The van der Waals surface area contributed by atoms with E-state index in [9.17, 15) is 4.79 Å². The molecule has 0 aliphatic carbocycles. The second kappa shape index (κ2) is 5.53. The number of carbonyl (C=O) groups is 1. The number of imidazole rings is 1. The average molecular weight is 263 g/mol. The first-order chi connectivity index (χ1) is 9.83. The van der Waals surface area contributed by atoms with E-state index in [1.807, 2.05) is 65.6 Å². The predicted molar refractivity (Wildman–Crippen MR) is 76.3 cm³/mol. The Hall–Kier alpha value is -2.68. The molecule has 1 aromatic heterocycles. The van der Waals surface area contributed by atoms with Gasteiger partial charge in [-0.15, -0.1) is 0 Å². The number of hydrogen-bond acceptors (Lipinski definition) is 1. The SMILES string of the molecule is O=C(c1ccccc1)n1cc[n+](Cc2ccccc2)c1. The molecule has 0 saturated heterocycles. The maximum Gasteiger partial charge on any atom is 0.345 e. The molecule has 0 atom stereocenters. The quantitative estimate of drug-likeness (QED) is 0.667. The molecule has 0 N–H and O–H groups in total. The van der Waals surface area contributed by atoms with Crippen molar-refractivity contribution in [3.63, 3.8) is 0 Å². The van der Waals surface area contributed by atoms with Crippen molar-refractivity contribution in [2.45, 2.75) is 6.54 Å².